The molecule has 1 aromatic heterocycles. The first-order chi connectivity index (χ1) is 15.4. The van der Waals surface area contributed by atoms with E-state index in [1.54, 1.807) is 6.33 Å². The molecule has 0 aliphatic carbocycles. The lowest BCUT2D eigenvalue weighted by molar-refractivity contribution is -0.148. The van der Waals surface area contributed by atoms with E-state index in [9.17, 15) is 9.59 Å². The van der Waals surface area contributed by atoms with Crippen LogP contribution in [-0.4, -0.2) is 87.0 Å². The van der Waals surface area contributed by atoms with Crippen LogP contribution >= 0.6 is 0 Å². The van der Waals surface area contributed by atoms with Crippen LogP contribution in [-0.2, 0) is 23.1 Å². The summed E-state index contributed by atoms with van der Waals surface area (Å²) in [4.78, 5) is 38.1. The number of carbonyl (C=O) groups is 2. The highest BCUT2D eigenvalue weighted by atomic mass is 16.5. The van der Waals surface area contributed by atoms with Crippen molar-refractivity contribution >= 4 is 11.8 Å². The van der Waals surface area contributed by atoms with Crippen LogP contribution in [0, 0.1) is 0 Å². The first-order valence-corrected chi connectivity index (χ1v) is 11.4. The van der Waals surface area contributed by atoms with Crippen molar-refractivity contribution in [3.05, 3.63) is 53.6 Å². The summed E-state index contributed by atoms with van der Waals surface area (Å²) in [5.74, 6) is -0.236. The highest BCUT2D eigenvalue weighted by Crippen LogP contribution is 2.48. The van der Waals surface area contributed by atoms with Gasteiger partial charge in [-0.3, -0.25) is 14.5 Å². The molecule has 3 aliphatic rings. The molecule has 2 fully saturated rings. The van der Waals surface area contributed by atoms with Crippen molar-refractivity contribution in [1.29, 1.82) is 0 Å². The van der Waals surface area contributed by atoms with E-state index >= 15 is 0 Å². The summed E-state index contributed by atoms with van der Waals surface area (Å²) in [5.41, 5.74) is 2.09. The van der Waals surface area contributed by atoms with Crippen LogP contribution in [0.5, 0.6) is 0 Å². The van der Waals surface area contributed by atoms with Crippen molar-refractivity contribution in [1.82, 2.24) is 24.3 Å². The Hall–Kier alpha value is -2.71. The Labute approximate surface area is 188 Å². The number of hydrogen-bond donors (Lipinski definition) is 0. The number of aromatic nitrogens is 2. The number of morpholine rings is 1. The fourth-order valence-corrected chi connectivity index (χ4v) is 5.72. The van der Waals surface area contributed by atoms with Crippen LogP contribution in [0.25, 0.3) is 0 Å². The van der Waals surface area contributed by atoms with E-state index in [-0.39, 0.29) is 23.8 Å². The Morgan fingerprint density at radius 2 is 1.94 bits per heavy atom. The molecular weight excluding hydrogens is 406 g/mol. The predicted octanol–water partition coefficient (Wildman–Crippen LogP) is 1.48. The molecule has 4 heterocycles. The number of likely N-dealkylation sites (tertiary alicyclic amines) is 1. The molecule has 8 nitrogen and oxygen atoms in total. The smallest absolute Gasteiger partial charge is 0.254 e. The van der Waals surface area contributed by atoms with Crippen LogP contribution in [0.3, 0.4) is 0 Å². The Balaban J connectivity index is 1.54. The molecule has 1 unspecified atom stereocenters. The molecule has 2 amide bonds. The van der Waals surface area contributed by atoms with Crippen molar-refractivity contribution in [2.24, 2.45) is 7.05 Å². The molecule has 0 saturated carbocycles. The highest BCUT2D eigenvalue weighted by Gasteiger charge is 2.61. The second-order valence-corrected chi connectivity index (χ2v) is 9.47. The fraction of sp³-hybridized carbons (Fsp3) is 0.542. The quantitative estimate of drug-likeness (QED) is 0.725. The normalized spacial score (nSPS) is 22.9. The molecule has 32 heavy (non-hydrogen) atoms. The van der Waals surface area contributed by atoms with E-state index in [4.69, 9.17) is 4.74 Å². The number of benzene rings is 1. The number of hydrogen-bond acceptors (Lipinski definition) is 5. The van der Waals surface area contributed by atoms with Gasteiger partial charge < -0.3 is 19.1 Å². The van der Waals surface area contributed by atoms with E-state index in [1.807, 2.05) is 65.7 Å². The van der Waals surface area contributed by atoms with Crippen molar-refractivity contribution < 1.29 is 14.3 Å². The van der Waals surface area contributed by atoms with E-state index in [1.165, 1.54) is 0 Å². The average Bonchev–Trinajstić information content (AvgIpc) is 3.17. The minimum Gasteiger partial charge on any atom is -0.378 e. The lowest BCUT2D eigenvalue weighted by atomic mass is 9.67. The summed E-state index contributed by atoms with van der Waals surface area (Å²) in [6.45, 7) is 8.50. The Morgan fingerprint density at radius 3 is 2.59 bits per heavy atom. The van der Waals surface area contributed by atoms with Crippen LogP contribution in [0.2, 0.25) is 0 Å². The Kier molecular flexibility index (Phi) is 5.29. The molecule has 1 aromatic carbocycles. The second-order valence-electron chi connectivity index (χ2n) is 9.47. The zero-order valence-corrected chi connectivity index (χ0v) is 19.0. The van der Waals surface area contributed by atoms with Gasteiger partial charge in [0.15, 0.2) is 0 Å². The number of nitrogens with zero attached hydrogens (tertiary/aromatic N) is 5. The van der Waals surface area contributed by atoms with Crippen molar-refractivity contribution in [3.8, 4) is 0 Å². The molecule has 0 N–H and O–H groups in total. The maximum atomic E-state index is 14.0. The predicted molar refractivity (Wildman–Crippen MR) is 119 cm³/mol. The van der Waals surface area contributed by atoms with Crippen LogP contribution in [0.4, 0.5) is 0 Å². The van der Waals surface area contributed by atoms with Gasteiger partial charge in [-0.1, -0.05) is 18.2 Å². The standard InChI is InChI=1S/C24H31N5O3/c1-17(2)29-22(30)20-7-5-4-6-19(20)21(23(31)28-8-10-32-11-9-28)24(29)14-27(15-24)13-18-12-25-16-26(18)3/h4-7,12,16-17,21H,8-11,13-15H2,1-3H3. The number of amides is 2. The van der Waals surface area contributed by atoms with Gasteiger partial charge in [-0.15, -0.1) is 0 Å². The summed E-state index contributed by atoms with van der Waals surface area (Å²) in [6.07, 6.45) is 3.68. The topological polar surface area (TPSA) is 70.9 Å². The van der Waals surface area contributed by atoms with E-state index in [0.717, 1.165) is 17.8 Å². The van der Waals surface area contributed by atoms with E-state index in [0.29, 0.717) is 45.0 Å². The maximum Gasteiger partial charge on any atom is 0.254 e. The zero-order valence-electron chi connectivity index (χ0n) is 19.0. The number of fused-ring (bicyclic) bond motifs is 1. The van der Waals surface area contributed by atoms with Crippen molar-refractivity contribution in [3.63, 3.8) is 0 Å². The molecule has 0 bridgehead atoms. The largest absolute Gasteiger partial charge is 0.378 e. The first kappa shape index (κ1) is 21.2. The van der Waals surface area contributed by atoms with Crippen LogP contribution < -0.4 is 0 Å². The molecule has 3 aliphatic heterocycles. The lowest BCUT2D eigenvalue weighted by Gasteiger charge is -2.62. The van der Waals surface area contributed by atoms with Gasteiger partial charge in [0.05, 0.1) is 36.7 Å². The Morgan fingerprint density at radius 1 is 1.22 bits per heavy atom. The summed E-state index contributed by atoms with van der Waals surface area (Å²) in [5, 5.41) is 0. The van der Waals surface area contributed by atoms with Crippen molar-refractivity contribution in [2.45, 2.75) is 37.9 Å². The minimum absolute atomic E-state index is 0.00491. The van der Waals surface area contributed by atoms with Gasteiger partial charge in [-0.2, -0.15) is 0 Å². The highest BCUT2D eigenvalue weighted by molar-refractivity contribution is 6.02. The third kappa shape index (κ3) is 3.24. The summed E-state index contributed by atoms with van der Waals surface area (Å²) >= 11 is 0. The van der Waals surface area contributed by atoms with Gasteiger partial charge in [0.1, 0.15) is 0 Å². The summed E-state index contributed by atoms with van der Waals surface area (Å²) < 4.78 is 7.50. The third-order valence-electron chi connectivity index (χ3n) is 7.12. The molecule has 2 saturated heterocycles. The molecule has 0 radical (unpaired) electrons. The van der Waals surface area contributed by atoms with Crippen molar-refractivity contribution in [2.75, 3.05) is 39.4 Å². The number of carbonyl (C=O) groups excluding carboxylic acids is 2. The molecule has 2 aromatic rings. The molecular formula is C24H31N5O3. The molecule has 170 valence electrons. The minimum atomic E-state index is -0.548. The van der Waals surface area contributed by atoms with Gasteiger partial charge >= 0.3 is 0 Å². The second kappa shape index (κ2) is 8.01. The van der Waals surface area contributed by atoms with Crippen LogP contribution in [0.1, 0.15) is 41.4 Å². The van der Waals surface area contributed by atoms with Crippen LogP contribution in [0.15, 0.2) is 36.8 Å². The molecule has 1 spiro atoms. The monoisotopic (exact) mass is 437 g/mol. The summed E-state index contributed by atoms with van der Waals surface area (Å²) in [7, 11) is 1.99. The van der Waals surface area contributed by atoms with Gasteiger partial charge in [0, 0.05) is 57.6 Å². The summed E-state index contributed by atoms with van der Waals surface area (Å²) in [6, 6.07) is 7.66. The van der Waals surface area contributed by atoms with E-state index in [2.05, 4.69) is 9.88 Å². The Bertz CT molecular complexity index is 1020. The molecule has 5 rings (SSSR count). The van der Waals surface area contributed by atoms with Gasteiger partial charge in [0.25, 0.3) is 5.91 Å². The van der Waals surface area contributed by atoms with E-state index < -0.39 is 5.54 Å². The molecule has 1 atom stereocenters. The van der Waals surface area contributed by atoms with Gasteiger partial charge in [-0.25, -0.2) is 4.98 Å². The number of imidazole rings is 1. The number of rotatable bonds is 4. The van der Waals surface area contributed by atoms with Gasteiger partial charge in [0.2, 0.25) is 5.91 Å². The van der Waals surface area contributed by atoms with Gasteiger partial charge in [-0.05, 0) is 25.5 Å². The first-order valence-electron chi connectivity index (χ1n) is 11.4. The zero-order chi connectivity index (χ0) is 22.5. The average molecular weight is 438 g/mol. The third-order valence-corrected chi connectivity index (χ3v) is 7.12. The number of aryl methyl sites for hydroxylation is 1. The lowest BCUT2D eigenvalue weighted by Crippen LogP contribution is -2.77. The molecule has 8 heteroatoms. The fourth-order valence-electron chi connectivity index (χ4n) is 5.72. The maximum absolute atomic E-state index is 14.0. The number of ether oxygens (including phenoxy) is 1. The SMILES string of the molecule is CC(C)N1C(=O)c2ccccc2C(C(=O)N2CCOCC2)C12CN(Cc1cncn1C)C2.